The first-order chi connectivity index (χ1) is 7.22. The van der Waals surface area contributed by atoms with E-state index in [0.717, 1.165) is 6.42 Å². The summed E-state index contributed by atoms with van der Waals surface area (Å²) in [6.45, 7) is 1.98. The van der Waals surface area contributed by atoms with Crippen molar-refractivity contribution in [1.29, 1.82) is 0 Å². The zero-order valence-corrected chi connectivity index (χ0v) is 9.50. The zero-order valence-electron chi connectivity index (χ0n) is 8.74. The third-order valence-corrected chi connectivity index (χ3v) is 2.21. The number of rotatable bonds is 5. The van der Waals surface area contributed by atoms with Crippen molar-refractivity contribution in [3.05, 3.63) is 30.1 Å². The Labute approximate surface area is 94.9 Å². The van der Waals surface area contributed by atoms with Gasteiger partial charge in [0.05, 0.1) is 0 Å². The van der Waals surface area contributed by atoms with Crippen LogP contribution >= 0.6 is 11.6 Å². The molecule has 1 unspecified atom stereocenters. The number of alkyl halides is 1. The van der Waals surface area contributed by atoms with Crippen LogP contribution in [0.25, 0.3) is 0 Å². The molecule has 0 saturated heterocycles. The predicted molar refractivity (Wildman–Crippen MR) is 60.9 cm³/mol. The molecule has 1 heterocycles. The van der Waals surface area contributed by atoms with Crippen LogP contribution in [0.5, 0.6) is 0 Å². The quantitative estimate of drug-likeness (QED) is 0.778. The van der Waals surface area contributed by atoms with Crippen molar-refractivity contribution >= 4 is 17.5 Å². The molecule has 1 amide bonds. The van der Waals surface area contributed by atoms with Crippen molar-refractivity contribution in [3.8, 4) is 0 Å². The molecule has 15 heavy (non-hydrogen) atoms. The van der Waals surface area contributed by atoms with Gasteiger partial charge >= 0.3 is 0 Å². The van der Waals surface area contributed by atoms with E-state index in [9.17, 15) is 4.79 Å². The number of amides is 1. The van der Waals surface area contributed by atoms with Crippen molar-refractivity contribution in [2.24, 2.45) is 0 Å². The monoisotopic (exact) mass is 226 g/mol. The summed E-state index contributed by atoms with van der Waals surface area (Å²) >= 11 is 5.47. The van der Waals surface area contributed by atoms with Gasteiger partial charge in [-0.25, -0.2) is 0 Å². The Balaban J connectivity index is 2.36. The minimum atomic E-state index is 0.00607. The predicted octanol–water partition coefficient (Wildman–Crippen LogP) is 1.76. The molecular weight excluding hydrogens is 212 g/mol. The SMILES string of the molecule is CC(Cc1ccncc1)NC(=O)CCCl. The number of pyridine rings is 1. The standard InChI is InChI=1S/C11H15ClN2O/c1-9(14-11(15)2-5-12)8-10-3-6-13-7-4-10/h3-4,6-7,9H,2,5,8H2,1H3,(H,14,15). The number of halogens is 1. The number of nitrogens with zero attached hydrogens (tertiary/aromatic N) is 1. The van der Waals surface area contributed by atoms with Crippen LogP contribution in [0.1, 0.15) is 18.9 Å². The average molecular weight is 227 g/mol. The lowest BCUT2D eigenvalue weighted by atomic mass is 10.1. The van der Waals surface area contributed by atoms with Gasteiger partial charge in [0.15, 0.2) is 0 Å². The lowest BCUT2D eigenvalue weighted by Crippen LogP contribution is -2.34. The van der Waals surface area contributed by atoms with Gasteiger partial charge in [-0.1, -0.05) is 0 Å². The van der Waals surface area contributed by atoms with Crippen molar-refractivity contribution in [2.45, 2.75) is 25.8 Å². The van der Waals surface area contributed by atoms with Crippen LogP contribution in [0.2, 0.25) is 0 Å². The van der Waals surface area contributed by atoms with E-state index in [2.05, 4.69) is 10.3 Å². The summed E-state index contributed by atoms with van der Waals surface area (Å²) in [5, 5.41) is 2.89. The first kappa shape index (κ1) is 12.0. The second-order valence-corrected chi connectivity index (χ2v) is 3.85. The maximum absolute atomic E-state index is 11.2. The fraction of sp³-hybridized carbons (Fsp3) is 0.455. The van der Waals surface area contributed by atoms with E-state index in [0.29, 0.717) is 12.3 Å². The number of aromatic nitrogens is 1. The summed E-state index contributed by atoms with van der Waals surface area (Å²) in [4.78, 5) is 15.2. The topological polar surface area (TPSA) is 42.0 Å². The largest absolute Gasteiger partial charge is 0.353 e. The molecular formula is C11H15ClN2O. The maximum atomic E-state index is 11.2. The summed E-state index contributed by atoms with van der Waals surface area (Å²) in [7, 11) is 0. The van der Waals surface area contributed by atoms with Crippen molar-refractivity contribution in [3.63, 3.8) is 0 Å². The Kier molecular flexibility index (Phi) is 5.12. The van der Waals surface area contributed by atoms with E-state index in [1.165, 1.54) is 5.56 Å². The second-order valence-electron chi connectivity index (χ2n) is 3.47. The van der Waals surface area contributed by atoms with Crippen molar-refractivity contribution < 1.29 is 4.79 Å². The molecule has 1 N–H and O–H groups in total. The Bertz CT molecular complexity index is 303. The molecule has 0 radical (unpaired) electrons. The van der Waals surface area contributed by atoms with Crippen molar-refractivity contribution in [1.82, 2.24) is 10.3 Å². The first-order valence-electron chi connectivity index (χ1n) is 4.96. The van der Waals surface area contributed by atoms with Crippen LogP contribution in [0.4, 0.5) is 0 Å². The normalized spacial score (nSPS) is 12.1. The summed E-state index contributed by atoms with van der Waals surface area (Å²) < 4.78 is 0. The van der Waals surface area contributed by atoms with Crippen LogP contribution < -0.4 is 5.32 Å². The maximum Gasteiger partial charge on any atom is 0.221 e. The summed E-state index contributed by atoms with van der Waals surface area (Å²) in [5.74, 6) is 0.375. The van der Waals surface area contributed by atoms with E-state index >= 15 is 0 Å². The lowest BCUT2D eigenvalue weighted by Gasteiger charge is -2.13. The number of hydrogen-bond donors (Lipinski definition) is 1. The lowest BCUT2D eigenvalue weighted by molar-refractivity contribution is -0.121. The average Bonchev–Trinajstić information content (AvgIpc) is 2.19. The highest BCUT2D eigenvalue weighted by molar-refractivity contribution is 6.18. The Morgan fingerprint density at radius 2 is 2.20 bits per heavy atom. The van der Waals surface area contributed by atoms with Crippen LogP contribution in [-0.2, 0) is 11.2 Å². The molecule has 0 saturated carbocycles. The van der Waals surface area contributed by atoms with E-state index < -0.39 is 0 Å². The molecule has 1 aromatic heterocycles. The molecule has 0 aliphatic rings. The van der Waals surface area contributed by atoms with Gasteiger partial charge in [-0.2, -0.15) is 0 Å². The van der Waals surface area contributed by atoms with Crippen LogP contribution in [0.3, 0.4) is 0 Å². The van der Waals surface area contributed by atoms with Gasteiger partial charge in [-0.05, 0) is 31.0 Å². The molecule has 4 heteroatoms. The van der Waals surface area contributed by atoms with Crippen LogP contribution in [0.15, 0.2) is 24.5 Å². The molecule has 1 atom stereocenters. The van der Waals surface area contributed by atoms with Crippen molar-refractivity contribution in [2.75, 3.05) is 5.88 Å². The number of nitrogens with one attached hydrogen (secondary N) is 1. The van der Waals surface area contributed by atoms with E-state index in [4.69, 9.17) is 11.6 Å². The van der Waals surface area contributed by atoms with Crippen LogP contribution in [-0.4, -0.2) is 22.8 Å². The molecule has 0 aliphatic carbocycles. The molecule has 1 aromatic rings. The van der Waals surface area contributed by atoms with Gasteiger partial charge in [-0.3, -0.25) is 9.78 Å². The van der Waals surface area contributed by atoms with Crippen LogP contribution in [0, 0.1) is 0 Å². The Hall–Kier alpha value is -1.09. The van der Waals surface area contributed by atoms with Gasteiger partial charge in [0.25, 0.3) is 0 Å². The van der Waals surface area contributed by atoms with E-state index in [1.807, 2.05) is 19.1 Å². The van der Waals surface area contributed by atoms with Gasteiger partial charge in [0.2, 0.25) is 5.91 Å². The zero-order chi connectivity index (χ0) is 11.1. The second kappa shape index (κ2) is 6.40. The van der Waals surface area contributed by atoms with E-state index in [1.54, 1.807) is 12.4 Å². The highest BCUT2D eigenvalue weighted by Gasteiger charge is 2.06. The Morgan fingerprint density at radius 1 is 1.53 bits per heavy atom. The fourth-order valence-electron chi connectivity index (χ4n) is 1.36. The van der Waals surface area contributed by atoms with Gasteiger partial charge in [-0.15, -0.1) is 11.6 Å². The Morgan fingerprint density at radius 3 is 2.80 bits per heavy atom. The summed E-state index contributed by atoms with van der Waals surface area (Å²) in [5.41, 5.74) is 1.17. The van der Waals surface area contributed by atoms with E-state index in [-0.39, 0.29) is 11.9 Å². The number of hydrogen-bond acceptors (Lipinski definition) is 2. The number of carbonyl (C=O) groups excluding carboxylic acids is 1. The third-order valence-electron chi connectivity index (χ3n) is 2.02. The molecule has 0 bridgehead atoms. The number of carbonyl (C=O) groups is 1. The minimum Gasteiger partial charge on any atom is -0.353 e. The van der Waals surface area contributed by atoms with Gasteiger partial charge < -0.3 is 5.32 Å². The first-order valence-corrected chi connectivity index (χ1v) is 5.50. The molecule has 1 rings (SSSR count). The molecule has 0 aromatic carbocycles. The highest BCUT2D eigenvalue weighted by Crippen LogP contribution is 2.01. The molecule has 0 spiro atoms. The summed E-state index contributed by atoms with van der Waals surface area (Å²) in [6, 6.07) is 4.03. The van der Waals surface area contributed by atoms with Gasteiger partial charge in [0, 0.05) is 30.7 Å². The molecule has 0 fully saturated rings. The third kappa shape index (κ3) is 4.79. The fourth-order valence-corrected chi connectivity index (χ4v) is 1.53. The smallest absolute Gasteiger partial charge is 0.221 e. The highest BCUT2D eigenvalue weighted by atomic mass is 35.5. The van der Waals surface area contributed by atoms with Gasteiger partial charge in [0.1, 0.15) is 0 Å². The molecule has 3 nitrogen and oxygen atoms in total. The molecule has 0 aliphatic heterocycles. The summed E-state index contributed by atoms with van der Waals surface area (Å²) in [6.07, 6.45) is 4.70. The molecule has 82 valence electrons. The minimum absolute atomic E-state index is 0.00607.